The summed E-state index contributed by atoms with van der Waals surface area (Å²) in [5.74, 6) is -0.553. The SMILES string of the molecule is Cc1ccc([N+](=O)[O-])cc1N(CC(=O)Nc1ccccc1)S(C)(=O)=O. The monoisotopic (exact) mass is 363 g/mol. The van der Waals surface area contributed by atoms with Gasteiger partial charge in [-0.25, -0.2) is 8.42 Å². The van der Waals surface area contributed by atoms with Gasteiger partial charge in [-0.1, -0.05) is 24.3 Å². The second-order valence-electron chi connectivity index (χ2n) is 5.41. The van der Waals surface area contributed by atoms with Crippen molar-refractivity contribution in [1.29, 1.82) is 0 Å². The zero-order valence-corrected chi connectivity index (χ0v) is 14.5. The number of non-ortho nitro benzene ring substituents is 1. The molecule has 0 spiro atoms. The second kappa shape index (κ2) is 7.31. The Kier molecular flexibility index (Phi) is 5.38. The Morgan fingerprint density at radius 1 is 1.20 bits per heavy atom. The van der Waals surface area contributed by atoms with Crippen LogP contribution in [-0.4, -0.2) is 32.0 Å². The molecular formula is C16H17N3O5S. The van der Waals surface area contributed by atoms with Crippen LogP contribution in [0.3, 0.4) is 0 Å². The molecule has 132 valence electrons. The Balaban J connectivity index is 2.33. The van der Waals surface area contributed by atoms with Gasteiger partial charge in [0, 0.05) is 17.8 Å². The van der Waals surface area contributed by atoms with Crippen molar-refractivity contribution >= 4 is 33.0 Å². The molecule has 2 rings (SSSR count). The van der Waals surface area contributed by atoms with Gasteiger partial charge in [-0.3, -0.25) is 19.2 Å². The average Bonchev–Trinajstić information content (AvgIpc) is 2.53. The fourth-order valence-corrected chi connectivity index (χ4v) is 3.12. The molecule has 0 aromatic heterocycles. The Morgan fingerprint density at radius 3 is 2.40 bits per heavy atom. The summed E-state index contributed by atoms with van der Waals surface area (Å²) >= 11 is 0. The van der Waals surface area contributed by atoms with Gasteiger partial charge in [0.25, 0.3) is 5.69 Å². The van der Waals surface area contributed by atoms with Crippen molar-refractivity contribution in [3.63, 3.8) is 0 Å². The minimum Gasteiger partial charge on any atom is -0.325 e. The molecule has 0 atom stereocenters. The quantitative estimate of drug-likeness (QED) is 0.625. The summed E-state index contributed by atoms with van der Waals surface area (Å²) < 4.78 is 25.1. The zero-order valence-electron chi connectivity index (χ0n) is 13.7. The maximum atomic E-state index is 12.2. The molecule has 2 aromatic rings. The van der Waals surface area contributed by atoms with E-state index >= 15 is 0 Å². The van der Waals surface area contributed by atoms with Gasteiger partial charge in [-0.15, -0.1) is 0 Å². The molecule has 9 heteroatoms. The van der Waals surface area contributed by atoms with E-state index in [2.05, 4.69) is 5.32 Å². The molecule has 0 radical (unpaired) electrons. The average molecular weight is 363 g/mol. The number of hydrogen-bond donors (Lipinski definition) is 1. The highest BCUT2D eigenvalue weighted by Gasteiger charge is 2.24. The number of nitro groups is 1. The largest absolute Gasteiger partial charge is 0.325 e. The van der Waals surface area contributed by atoms with E-state index in [1.165, 1.54) is 12.1 Å². The van der Waals surface area contributed by atoms with Gasteiger partial charge in [0.1, 0.15) is 6.54 Å². The van der Waals surface area contributed by atoms with E-state index in [-0.39, 0.29) is 11.4 Å². The highest BCUT2D eigenvalue weighted by molar-refractivity contribution is 7.92. The number of aryl methyl sites for hydroxylation is 1. The van der Waals surface area contributed by atoms with Gasteiger partial charge in [-0.2, -0.15) is 0 Å². The fraction of sp³-hybridized carbons (Fsp3) is 0.188. The lowest BCUT2D eigenvalue weighted by atomic mass is 10.2. The fourth-order valence-electron chi connectivity index (χ4n) is 2.21. The van der Waals surface area contributed by atoms with Crippen LogP contribution in [0.2, 0.25) is 0 Å². The maximum absolute atomic E-state index is 12.2. The number of carbonyl (C=O) groups is 1. The summed E-state index contributed by atoms with van der Waals surface area (Å²) in [6, 6.07) is 12.5. The normalized spacial score (nSPS) is 11.0. The van der Waals surface area contributed by atoms with E-state index < -0.39 is 27.4 Å². The van der Waals surface area contributed by atoms with Gasteiger partial charge < -0.3 is 5.32 Å². The molecule has 0 saturated carbocycles. The van der Waals surface area contributed by atoms with Crippen molar-refractivity contribution in [2.45, 2.75) is 6.92 Å². The van der Waals surface area contributed by atoms with Gasteiger partial charge in [0.2, 0.25) is 15.9 Å². The first-order valence-electron chi connectivity index (χ1n) is 7.26. The van der Waals surface area contributed by atoms with Crippen LogP contribution in [0.5, 0.6) is 0 Å². The minimum atomic E-state index is -3.82. The standard InChI is InChI=1S/C16H17N3O5S/c1-12-8-9-14(19(21)22)10-15(12)18(25(2,23)24)11-16(20)17-13-6-4-3-5-7-13/h3-10H,11H2,1-2H3,(H,17,20). The van der Waals surface area contributed by atoms with Crippen molar-refractivity contribution in [3.8, 4) is 0 Å². The first kappa shape index (κ1) is 18.4. The summed E-state index contributed by atoms with van der Waals surface area (Å²) in [6.45, 7) is 1.13. The lowest BCUT2D eigenvalue weighted by Gasteiger charge is -2.23. The Labute approximate surface area is 145 Å². The second-order valence-corrected chi connectivity index (χ2v) is 7.32. The lowest BCUT2D eigenvalue weighted by molar-refractivity contribution is -0.384. The molecule has 2 aromatic carbocycles. The number of benzene rings is 2. The number of nitrogens with zero attached hydrogens (tertiary/aromatic N) is 2. The van der Waals surface area contributed by atoms with E-state index in [1.54, 1.807) is 37.3 Å². The molecule has 0 aliphatic carbocycles. The molecule has 0 saturated heterocycles. The number of hydrogen-bond acceptors (Lipinski definition) is 5. The lowest BCUT2D eigenvalue weighted by Crippen LogP contribution is -2.37. The van der Waals surface area contributed by atoms with Crippen molar-refractivity contribution < 1.29 is 18.1 Å². The maximum Gasteiger partial charge on any atom is 0.271 e. The number of para-hydroxylation sites is 1. The van der Waals surface area contributed by atoms with E-state index in [1.807, 2.05) is 0 Å². The summed E-state index contributed by atoms with van der Waals surface area (Å²) in [7, 11) is -3.82. The van der Waals surface area contributed by atoms with Crippen LogP contribution in [0.25, 0.3) is 0 Å². The van der Waals surface area contributed by atoms with Crippen LogP contribution in [-0.2, 0) is 14.8 Å². The van der Waals surface area contributed by atoms with Crippen molar-refractivity contribution in [2.75, 3.05) is 22.4 Å². The third-order valence-electron chi connectivity index (χ3n) is 3.42. The van der Waals surface area contributed by atoms with Gasteiger partial charge >= 0.3 is 0 Å². The Morgan fingerprint density at radius 2 is 1.84 bits per heavy atom. The number of nitrogens with one attached hydrogen (secondary N) is 1. The topological polar surface area (TPSA) is 110 Å². The number of nitro benzene ring substituents is 1. The third kappa shape index (κ3) is 4.77. The highest BCUT2D eigenvalue weighted by Crippen LogP contribution is 2.27. The summed E-state index contributed by atoms with van der Waals surface area (Å²) in [5, 5.41) is 13.6. The first-order valence-corrected chi connectivity index (χ1v) is 9.11. The van der Waals surface area contributed by atoms with Gasteiger partial charge in [-0.05, 0) is 24.6 Å². The van der Waals surface area contributed by atoms with Crippen LogP contribution in [0.4, 0.5) is 17.1 Å². The minimum absolute atomic E-state index is 0.0971. The number of sulfonamides is 1. The van der Waals surface area contributed by atoms with E-state index in [0.29, 0.717) is 11.3 Å². The van der Waals surface area contributed by atoms with Crippen molar-refractivity contribution in [3.05, 3.63) is 64.2 Å². The zero-order chi connectivity index (χ0) is 18.6. The number of carbonyl (C=O) groups excluding carboxylic acids is 1. The van der Waals surface area contributed by atoms with Gasteiger partial charge in [0.05, 0.1) is 16.9 Å². The Bertz CT molecular complexity index is 897. The molecular weight excluding hydrogens is 346 g/mol. The molecule has 0 aliphatic heterocycles. The van der Waals surface area contributed by atoms with Crippen LogP contribution in [0.15, 0.2) is 48.5 Å². The predicted octanol–water partition coefficient (Wildman–Crippen LogP) is 2.31. The van der Waals surface area contributed by atoms with Crippen LogP contribution in [0, 0.1) is 17.0 Å². The third-order valence-corrected chi connectivity index (χ3v) is 4.54. The molecule has 0 unspecified atom stereocenters. The van der Waals surface area contributed by atoms with E-state index in [9.17, 15) is 23.3 Å². The molecule has 1 N–H and O–H groups in total. The predicted molar refractivity (Wildman–Crippen MR) is 95.1 cm³/mol. The van der Waals surface area contributed by atoms with E-state index in [4.69, 9.17) is 0 Å². The van der Waals surface area contributed by atoms with E-state index in [0.717, 1.165) is 16.6 Å². The summed E-state index contributed by atoms with van der Waals surface area (Å²) in [5.41, 5.74) is 0.873. The molecule has 0 bridgehead atoms. The van der Waals surface area contributed by atoms with Crippen LogP contribution >= 0.6 is 0 Å². The number of anilines is 2. The molecule has 0 aliphatic rings. The summed E-state index contributed by atoms with van der Waals surface area (Å²) in [6.07, 6.45) is 0.946. The number of amides is 1. The van der Waals surface area contributed by atoms with Crippen LogP contribution in [0.1, 0.15) is 5.56 Å². The Hall–Kier alpha value is -2.94. The molecule has 8 nitrogen and oxygen atoms in total. The molecule has 0 fully saturated rings. The van der Waals surface area contributed by atoms with Crippen LogP contribution < -0.4 is 9.62 Å². The smallest absolute Gasteiger partial charge is 0.271 e. The van der Waals surface area contributed by atoms with Crippen molar-refractivity contribution in [2.24, 2.45) is 0 Å². The van der Waals surface area contributed by atoms with Gasteiger partial charge in [0.15, 0.2) is 0 Å². The van der Waals surface area contributed by atoms with Crippen molar-refractivity contribution in [1.82, 2.24) is 0 Å². The highest BCUT2D eigenvalue weighted by atomic mass is 32.2. The molecule has 25 heavy (non-hydrogen) atoms. The summed E-state index contributed by atoms with van der Waals surface area (Å²) in [4.78, 5) is 22.6. The molecule has 1 amide bonds. The molecule has 0 heterocycles. The first-order chi connectivity index (χ1) is 11.7. The number of rotatable bonds is 6.